The zero-order valence-electron chi connectivity index (χ0n) is 15.1. The molecule has 8 heteroatoms. The molecule has 0 N–H and O–H groups in total. The van der Waals surface area contributed by atoms with Gasteiger partial charge in [-0.15, -0.1) is 0 Å². The molecule has 0 amide bonds. The summed E-state index contributed by atoms with van der Waals surface area (Å²) >= 11 is 12.9. The Labute approximate surface area is 167 Å². The van der Waals surface area contributed by atoms with E-state index in [1.807, 2.05) is 6.07 Å². The van der Waals surface area contributed by atoms with Gasteiger partial charge in [-0.1, -0.05) is 23.2 Å². The van der Waals surface area contributed by atoms with Crippen molar-refractivity contribution >= 4 is 29.2 Å². The summed E-state index contributed by atoms with van der Waals surface area (Å²) < 4.78 is 12.5. The van der Waals surface area contributed by atoms with E-state index < -0.39 is 5.97 Å². The zero-order chi connectivity index (χ0) is 19.0. The molecule has 1 aliphatic carbocycles. The highest BCUT2D eigenvalue weighted by atomic mass is 35.5. The number of aromatic nitrogens is 2. The van der Waals surface area contributed by atoms with Crippen LogP contribution in [-0.2, 0) is 18.3 Å². The number of esters is 1. The summed E-state index contributed by atoms with van der Waals surface area (Å²) in [5, 5.41) is 5.30. The number of morpholine rings is 1. The maximum atomic E-state index is 12.7. The molecule has 2 fully saturated rings. The second-order valence-corrected chi connectivity index (χ2v) is 7.76. The van der Waals surface area contributed by atoms with Gasteiger partial charge in [-0.3, -0.25) is 4.90 Å². The van der Waals surface area contributed by atoms with Crippen LogP contribution in [0.2, 0.25) is 10.0 Å². The number of nitrogens with zero attached hydrogens (tertiary/aromatic N) is 3. The van der Waals surface area contributed by atoms with E-state index in [-0.39, 0.29) is 0 Å². The summed E-state index contributed by atoms with van der Waals surface area (Å²) in [7, 11) is 1.77. The van der Waals surface area contributed by atoms with Gasteiger partial charge in [-0.05, 0) is 25.0 Å². The lowest BCUT2D eigenvalue weighted by atomic mass is 10.1. The Bertz CT molecular complexity index is 858. The van der Waals surface area contributed by atoms with E-state index in [2.05, 4.69) is 10.00 Å². The predicted octanol–water partition coefficient (Wildman–Crippen LogP) is 3.66. The van der Waals surface area contributed by atoms with Gasteiger partial charge < -0.3 is 9.47 Å². The standard InChI is InChI=1S/C19H21Cl2N3O3/c1-23-17(10-16(22-23)12-2-3-12)27-19(25)13-4-5-15(20)14(18(13)21)11-24-6-8-26-9-7-24/h4-5,10,12H,2-3,6-9,11H2,1H3. The fourth-order valence-electron chi connectivity index (χ4n) is 3.18. The highest BCUT2D eigenvalue weighted by Gasteiger charge is 2.28. The lowest BCUT2D eigenvalue weighted by Crippen LogP contribution is -2.35. The molecule has 144 valence electrons. The second-order valence-electron chi connectivity index (χ2n) is 6.97. The summed E-state index contributed by atoms with van der Waals surface area (Å²) in [5.41, 5.74) is 2.01. The van der Waals surface area contributed by atoms with E-state index in [9.17, 15) is 4.79 Å². The Morgan fingerprint density at radius 2 is 2.04 bits per heavy atom. The van der Waals surface area contributed by atoms with Crippen LogP contribution in [-0.4, -0.2) is 47.0 Å². The SMILES string of the molecule is Cn1nc(C2CC2)cc1OC(=O)c1ccc(Cl)c(CN2CCOCC2)c1Cl. The van der Waals surface area contributed by atoms with Crippen LogP contribution in [0, 0.1) is 0 Å². The molecule has 0 bridgehead atoms. The summed E-state index contributed by atoms with van der Waals surface area (Å²) in [5.74, 6) is 0.399. The van der Waals surface area contributed by atoms with Crippen molar-refractivity contribution in [3.05, 3.63) is 45.1 Å². The van der Waals surface area contributed by atoms with Crippen molar-refractivity contribution in [3.8, 4) is 5.88 Å². The molecule has 2 heterocycles. The average molecular weight is 410 g/mol. The molecule has 0 spiro atoms. The van der Waals surface area contributed by atoms with Crippen LogP contribution in [0.25, 0.3) is 0 Å². The molecule has 1 aliphatic heterocycles. The highest BCUT2D eigenvalue weighted by Crippen LogP contribution is 2.40. The first-order valence-corrected chi connectivity index (χ1v) is 9.81. The lowest BCUT2D eigenvalue weighted by molar-refractivity contribution is 0.0342. The summed E-state index contributed by atoms with van der Waals surface area (Å²) in [6.07, 6.45) is 2.27. The first-order chi connectivity index (χ1) is 13.0. The maximum absolute atomic E-state index is 12.7. The second kappa shape index (κ2) is 7.80. The van der Waals surface area contributed by atoms with Crippen LogP contribution in [0.1, 0.15) is 40.4 Å². The van der Waals surface area contributed by atoms with Gasteiger partial charge in [-0.2, -0.15) is 5.10 Å². The highest BCUT2D eigenvalue weighted by molar-refractivity contribution is 6.38. The Morgan fingerprint density at radius 1 is 1.30 bits per heavy atom. The fourth-order valence-corrected chi connectivity index (χ4v) is 3.75. The van der Waals surface area contributed by atoms with Crippen molar-refractivity contribution in [1.82, 2.24) is 14.7 Å². The van der Waals surface area contributed by atoms with Crippen LogP contribution in [0.5, 0.6) is 5.88 Å². The minimum absolute atomic E-state index is 0.304. The molecule has 1 aromatic heterocycles. The lowest BCUT2D eigenvalue weighted by Gasteiger charge is -2.27. The quantitative estimate of drug-likeness (QED) is 0.705. The Morgan fingerprint density at radius 3 is 2.74 bits per heavy atom. The normalized spacial score (nSPS) is 17.9. The molecule has 6 nitrogen and oxygen atoms in total. The topological polar surface area (TPSA) is 56.6 Å². The first kappa shape index (κ1) is 18.7. The predicted molar refractivity (Wildman–Crippen MR) is 103 cm³/mol. The van der Waals surface area contributed by atoms with Crippen molar-refractivity contribution in [3.63, 3.8) is 0 Å². The van der Waals surface area contributed by atoms with Gasteiger partial charge >= 0.3 is 5.97 Å². The molecular formula is C19H21Cl2N3O3. The van der Waals surface area contributed by atoms with Crippen molar-refractivity contribution in [2.45, 2.75) is 25.3 Å². The van der Waals surface area contributed by atoms with Gasteiger partial charge in [0.15, 0.2) is 0 Å². The van der Waals surface area contributed by atoms with Gasteiger partial charge in [0, 0.05) is 49.3 Å². The minimum atomic E-state index is -0.509. The third-order valence-electron chi connectivity index (χ3n) is 4.94. The first-order valence-electron chi connectivity index (χ1n) is 9.06. The molecular weight excluding hydrogens is 389 g/mol. The smallest absolute Gasteiger partial charge is 0.346 e. The van der Waals surface area contributed by atoms with Crippen LogP contribution < -0.4 is 4.74 Å². The van der Waals surface area contributed by atoms with Gasteiger partial charge in [0.25, 0.3) is 0 Å². The molecule has 1 saturated heterocycles. The summed E-state index contributed by atoms with van der Waals surface area (Å²) in [4.78, 5) is 14.9. The third-order valence-corrected chi connectivity index (χ3v) is 5.73. The molecule has 1 aromatic carbocycles. The molecule has 1 saturated carbocycles. The van der Waals surface area contributed by atoms with E-state index in [0.29, 0.717) is 47.2 Å². The number of aryl methyl sites for hydroxylation is 1. The van der Waals surface area contributed by atoms with E-state index in [1.165, 1.54) is 0 Å². The average Bonchev–Trinajstić information content (AvgIpc) is 3.44. The number of ether oxygens (including phenoxy) is 2. The number of carbonyl (C=O) groups is 1. The number of halogens is 2. The number of rotatable bonds is 5. The Hall–Kier alpha value is -1.60. The maximum Gasteiger partial charge on any atom is 0.346 e. The van der Waals surface area contributed by atoms with Crippen LogP contribution in [0.3, 0.4) is 0 Å². The largest absolute Gasteiger partial charge is 0.404 e. The number of hydrogen-bond donors (Lipinski definition) is 0. The van der Waals surface area contributed by atoms with Crippen LogP contribution >= 0.6 is 23.2 Å². The Balaban J connectivity index is 1.53. The van der Waals surface area contributed by atoms with E-state index >= 15 is 0 Å². The van der Waals surface area contributed by atoms with Crippen LogP contribution in [0.4, 0.5) is 0 Å². The van der Waals surface area contributed by atoms with Gasteiger partial charge in [0.2, 0.25) is 5.88 Å². The monoisotopic (exact) mass is 409 g/mol. The number of carbonyl (C=O) groups excluding carboxylic acids is 1. The molecule has 4 rings (SSSR count). The molecule has 2 aliphatic rings. The number of hydrogen-bond acceptors (Lipinski definition) is 5. The third kappa shape index (κ3) is 4.14. The van der Waals surface area contributed by atoms with Gasteiger partial charge in [0.05, 0.1) is 29.5 Å². The summed E-state index contributed by atoms with van der Waals surface area (Å²) in [6.45, 7) is 3.54. The Kier molecular flexibility index (Phi) is 5.41. The molecule has 0 unspecified atom stereocenters. The van der Waals surface area contributed by atoms with Crippen molar-refractivity contribution in [2.75, 3.05) is 26.3 Å². The van der Waals surface area contributed by atoms with Crippen molar-refractivity contribution in [2.24, 2.45) is 7.05 Å². The van der Waals surface area contributed by atoms with Crippen molar-refractivity contribution in [1.29, 1.82) is 0 Å². The van der Waals surface area contributed by atoms with Crippen molar-refractivity contribution < 1.29 is 14.3 Å². The van der Waals surface area contributed by atoms with Gasteiger partial charge in [-0.25, -0.2) is 9.48 Å². The summed E-state index contributed by atoms with van der Waals surface area (Å²) in [6, 6.07) is 5.13. The molecule has 0 atom stereocenters. The number of benzene rings is 1. The van der Waals surface area contributed by atoms with E-state index in [1.54, 1.807) is 23.9 Å². The minimum Gasteiger partial charge on any atom is -0.404 e. The van der Waals surface area contributed by atoms with Crippen LogP contribution in [0.15, 0.2) is 18.2 Å². The zero-order valence-corrected chi connectivity index (χ0v) is 16.6. The van der Waals surface area contributed by atoms with E-state index in [4.69, 9.17) is 32.7 Å². The van der Waals surface area contributed by atoms with Gasteiger partial charge in [0.1, 0.15) is 0 Å². The van der Waals surface area contributed by atoms with E-state index in [0.717, 1.165) is 37.2 Å². The molecule has 27 heavy (non-hydrogen) atoms. The fraction of sp³-hybridized carbons (Fsp3) is 0.474. The molecule has 0 radical (unpaired) electrons. The molecule has 2 aromatic rings.